The van der Waals surface area contributed by atoms with Crippen LogP contribution in [-0.2, 0) is 10.9 Å². The summed E-state index contributed by atoms with van der Waals surface area (Å²) in [6.45, 7) is 11.1. The largest absolute Gasteiger partial charge is 0.444 e. The number of pyridine rings is 1. The van der Waals surface area contributed by atoms with Crippen molar-refractivity contribution in [3.05, 3.63) is 108 Å². The van der Waals surface area contributed by atoms with Gasteiger partial charge < -0.3 is 15.4 Å². The van der Waals surface area contributed by atoms with Crippen LogP contribution in [0.3, 0.4) is 0 Å². The molecule has 2 heterocycles. The molecule has 0 saturated heterocycles. The number of hydrogen-bond acceptors (Lipinski definition) is 8. The van der Waals surface area contributed by atoms with E-state index in [1.54, 1.807) is 64.1 Å². The van der Waals surface area contributed by atoms with Gasteiger partial charge in [0.2, 0.25) is 0 Å². The fourth-order valence-corrected chi connectivity index (χ4v) is 5.75. The minimum absolute atomic E-state index is 0.202. The molecule has 0 aliphatic rings. The van der Waals surface area contributed by atoms with Crippen LogP contribution in [0.2, 0.25) is 0 Å². The Morgan fingerprint density at radius 3 is 2.30 bits per heavy atom. The number of nitrogens with one attached hydrogen (secondary N) is 3. The summed E-state index contributed by atoms with van der Waals surface area (Å²) in [6.07, 6.45) is -3.65. The highest BCUT2D eigenvalue weighted by atomic mass is 32.2. The Morgan fingerprint density at radius 2 is 1.62 bits per heavy atom. The molecule has 0 spiro atoms. The predicted octanol–water partition coefficient (Wildman–Crippen LogP) is 9.90. The Hall–Kier alpha value is -5.17. The second-order valence-electron chi connectivity index (χ2n) is 12.9. The number of ether oxygens (including phenoxy) is 1. The number of carbonyl (C=O) groups excluding carboxylic acids is 2. The summed E-state index contributed by atoms with van der Waals surface area (Å²) in [5, 5.41) is 9.56. The minimum atomic E-state index is -4.50. The van der Waals surface area contributed by atoms with Crippen molar-refractivity contribution in [1.29, 1.82) is 0 Å². The maximum absolute atomic E-state index is 13.5. The molecule has 13 heteroatoms. The SMILES string of the molecule is CC(C)c1ccc2c(Nc3cc(C(=O)N[C@@H](C)c4cccc(C(F)(F)F)c4)ccc3Sc3ccc(NC(=O)OC(C)(C)C)cc3)ncnc2n1. The number of benzene rings is 3. The van der Waals surface area contributed by atoms with Gasteiger partial charge in [-0.25, -0.2) is 19.7 Å². The van der Waals surface area contributed by atoms with Gasteiger partial charge in [0.05, 0.1) is 22.7 Å². The maximum Gasteiger partial charge on any atom is 0.416 e. The highest BCUT2D eigenvalue weighted by Crippen LogP contribution is 2.37. The number of rotatable bonds is 9. The molecule has 1 atom stereocenters. The van der Waals surface area contributed by atoms with Crippen LogP contribution in [0.5, 0.6) is 0 Å². The number of amides is 2. The number of anilines is 3. The first-order valence-corrected chi connectivity index (χ1v) is 16.7. The van der Waals surface area contributed by atoms with E-state index in [1.807, 2.05) is 38.1 Å². The van der Waals surface area contributed by atoms with Gasteiger partial charge in [-0.05, 0) is 106 Å². The lowest BCUT2D eigenvalue weighted by atomic mass is 10.0. The van der Waals surface area contributed by atoms with Gasteiger partial charge in [-0.3, -0.25) is 10.1 Å². The van der Waals surface area contributed by atoms with Gasteiger partial charge in [0, 0.05) is 26.7 Å². The molecule has 3 N–H and O–H groups in total. The first-order valence-electron chi connectivity index (χ1n) is 15.8. The normalized spacial score (nSPS) is 12.4. The molecule has 0 unspecified atom stereocenters. The van der Waals surface area contributed by atoms with E-state index in [0.29, 0.717) is 33.8 Å². The summed E-state index contributed by atoms with van der Waals surface area (Å²) in [4.78, 5) is 40.8. The zero-order valence-corrected chi connectivity index (χ0v) is 29.2. The topological polar surface area (TPSA) is 118 Å². The van der Waals surface area contributed by atoms with Crippen molar-refractivity contribution >= 4 is 52.0 Å². The van der Waals surface area contributed by atoms with E-state index >= 15 is 0 Å². The number of aromatic nitrogens is 3. The summed E-state index contributed by atoms with van der Waals surface area (Å²) in [5.74, 6) is 0.211. The van der Waals surface area contributed by atoms with Gasteiger partial charge in [-0.1, -0.05) is 37.7 Å². The van der Waals surface area contributed by atoms with Gasteiger partial charge >= 0.3 is 12.3 Å². The molecule has 2 amide bonds. The molecule has 0 fully saturated rings. The Labute approximate surface area is 292 Å². The molecule has 0 saturated carbocycles. The molecule has 0 aliphatic heterocycles. The van der Waals surface area contributed by atoms with Crippen molar-refractivity contribution < 1.29 is 27.5 Å². The Balaban J connectivity index is 1.44. The van der Waals surface area contributed by atoms with Crippen molar-refractivity contribution in [3.8, 4) is 0 Å². The van der Waals surface area contributed by atoms with Gasteiger partial charge in [-0.15, -0.1) is 0 Å². The van der Waals surface area contributed by atoms with E-state index < -0.39 is 35.4 Å². The smallest absolute Gasteiger partial charge is 0.416 e. The summed E-state index contributed by atoms with van der Waals surface area (Å²) in [5.41, 5.74) is 1.70. The second-order valence-corrected chi connectivity index (χ2v) is 14.0. The highest BCUT2D eigenvalue weighted by Gasteiger charge is 2.31. The average Bonchev–Trinajstić information content (AvgIpc) is 3.05. The zero-order chi connectivity index (χ0) is 36.2. The van der Waals surface area contributed by atoms with Crippen LogP contribution in [0.4, 0.5) is 35.2 Å². The number of hydrogen-bond donors (Lipinski definition) is 3. The van der Waals surface area contributed by atoms with E-state index in [9.17, 15) is 22.8 Å². The molecule has 5 aromatic rings. The molecule has 0 radical (unpaired) electrons. The van der Waals surface area contributed by atoms with Crippen molar-refractivity contribution in [2.75, 3.05) is 10.6 Å². The molecule has 260 valence electrons. The number of halogens is 3. The molecule has 0 bridgehead atoms. The molecule has 2 aromatic heterocycles. The first kappa shape index (κ1) is 36.1. The fraction of sp³-hybridized carbons (Fsp3) is 0.270. The Bertz CT molecular complexity index is 2010. The van der Waals surface area contributed by atoms with Crippen LogP contribution < -0.4 is 16.0 Å². The third-order valence-corrected chi connectivity index (χ3v) is 8.48. The molecule has 9 nitrogen and oxygen atoms in total. The first-order chi connectivity index (χ1) is 23.6. The molecule has 3 aromatic carbocycles. The summed E-state index contributed by atoms with van der Waals surface area (Å²) >= 11 is 1.41. The molecular formula is C37H37F3N6O3S. The highest BCUT2D eigenvalue weighted by molar-refractivity contribution is 7.99. The van der Waals surface area contributed by atoms with E-state index in [2.05, 4.69) is 30.9 Å². The van der Waals surface area contributed by atoms with Crippen LogP contribution >= 0.6 is 11.8 Å². The fourth-order valence-electron chi connectivity index (χ4n) is 4.87. The predicted molar refractivity (Wildman–Crippen MR) is 189 cm³/mol. The average molecular weight is 703 g/mol. The van der Waals surface area contributed by atoms with Crippen molar-refractivity contribution in [2.24, 2.45) is 0 Å². The standard InChI is InChI=1S/C37H37F3N6O3S/c1-21(2)29-16-15-28-32(45-29)41-20-42-33(28)46-30-19-24(34(47)43-22(3)23-8-7-9-25(18-23)37(38,39)40)10-17-31(30)50-27-13-11-26(12-14-27)44-35(48)49-36(4,5)6/h7-22H,1-6H3,(H,43,47)(H,44,48)(H,41,42,45,46)/t22-/m0/s1. The summed E-state index contributed by atoms with van der Waals surface area (Å²) in [6, 6.07) is 20.3. The molecule has 0 aliphatic carbocycles. The van der Waals surface area contributed by atoms with Crippen LogP contribution in [0, 0.1) is 0 Å². The summed E-state index contributed by atoms with van der Waals surface area (Å²) in [7, 11) is 0. The third-order valence-electron chi connectivity index (χ3n) is 7.39. The molecule has 50 heavy (non-hydrogen) atoms. The van der Waals surface area contributed by atoms with Crippen LogP contribution in [0.1, 0.15) is 80.7 Å². The number of nitrogens with zero attached hydrogens (tertiary/aromatic N) is 3. The summed E-state index contributed by atoms with van der Waals surface area (Å²) < 4.78 is 45.3. The lowest BCUT2D eigenvalue weighted by molar-refractivity contribution is -0.137. The number of alkyl halides is 3. The van der Waals surface area contributed by atoms with Crippen molar-refractivity contribution in [1.82, 2.24) is 20.3 Å². The van der Waals surface area contributed by atoms with E-state index in [4.69, 9.17) is 4.74 Å². The minimum Gasteiger partial charge on any atom is -0.444 e. The van der Waals surface area contributed by atoms with E-state index in [1.165, 1.54) is 24.2 Å². The van der Waals surface area contributed by atoms with Gasteiger partial charge in [0.15, 0.2) is 5.65 Å². The van der Waals surface area contributed by atoms with Gasteiger partial charge in [0.1, 0.15) is 17.7 Å². The second kappa shape index (κ2) is 14.8. The molecule has 5 rings (SSSR count). The van der Waals surface area contributed by atoms with Gasteiger partial charge in [0.25, 0.3) is 5.91 Å². The number of carbonyl (C=O) groups is 2. The Kier molecular flexibility index (Phi) is 10.7. The van der Waals surface area contributed by atoms with Crippen LogP contribution in [0.25, 0.3) is 11.0 Å². The number of fused-ring (bicyclic) bond motifs is 1. The lowest BCUT2D eigenvalue weighted by Gasteiger charge is -2.19. The zero-order valence-electron chi connectivity index (χ0n) is 28.3. The van der Waals surface area contributed by atoms with Crippen LogP contribution in [0.15, 0.2) is 95.0 Å². The quantitative estimate of drug-likeness (QED) is 0.139. The lowest BCUT2D eigenvalue weighted by Crippen LogP contribution is -2.27. The van der Waals surface area contributed by atoms with Crippen molar-refractivity contribution in [3.63, 3.8) is 0 Å². The third kappa shape index (κ3) is 9.29. The van der Waals surface area contributed by atoms with Crippen LogP contribution in [-0.4, -0.2) is 32.6 Å². The monoisotopic (exact) mass is 702 g/mol. The maximum atomic E-state index is 13.5. The Morgan fingerprint density at radius 1 is 0.880 bits per heavy atom. The van der Waals surface area contributed by atoms with E-state index in [0.717, 1.165) is 27.6 Å². The molecular weight excluding hydrogens is 666 g/mol. The van der Waals surface area contributed by atoms with Crippen molar-refractivity contribution in [2.45, 2.75) is 75.1 Å². The van der Waals surface area contributed by atoms with Gasteiger partial charge in [-0.2, -0.15) is 13.2 Å². The van der Waals surface area contributed by atoms with E-state index in [-0.39, 0.29) is 11.5 Å².